The molecule has 0 aromatic heterocycles. The van der Waals surface area contributed by atoms with Crippen molar-refractivity contribution in [1.82, 2.24) is 5.32 Å². The van der Waals surface area contributed by atoms with E-state index in [-0.39, 0.29) is 25.9 Å². The van der Waals surface area contributed by atoms with Crippen molar-refractivity contribution in [2.45, 2.75) is 0 Å². The van der Waals surface area contributed by atoms with Crippen LogP contribution in [0, 0.1) is 11.8 Å². The Bertz CT molecular complexity index is 884. The molecule has 0 aliphatic carbocycles. The van der Waals surface area contributed by atoms with Crippen LogP contribution in [0.25, 0.3) is 0 Å². The molecule has 2 aromatic carbocycles. The lowest BCUT2D eigenvalue weighted by atomic mass is 10.1. The van der Waals surface area contributed by atoms with Crippen molar-refractivity contribution >= 4 is 5.91 Å². The maximum atomic E-state index is 12.2. The summed E-state index contributed by atoms with van der Waals surface area (Å²) in [4.78, 5) is 12.2. The number of hydrogen-bond acceptors (Lipinski definition) is 6. The van der Waals surface area contributed by atoms with Crippen LogP contribution in [0.1, 0.15) is 10.4 Å². The van der Waals surface area contributed by atoms with Gasteiger partial charge in [0.15, 0.2) is 11.5 Å². The molecule has 27 heavy (non-hydrogen) atoms. The molecule has 0 bridgehead atoms. The van der Waals surface area contributed by atoms with Crippen molar-refractivity contribution in [3.05, 3.63) is 42.0 Å². The molecule has 1 heterocycles. The predicted octanol–water partition coefficient (Wildman–Crippen LogP) is 2.24. The van der Waals surface area contributed by atoms with Crippen LogP contribution in [0.15, 0.2) is 36.4 Å². The van der Waals surface area contributed by atoms with E-state index in [0.29, 0.717) is 34.3 Å². The van der Waals surface area contributed by atoms with E-state index in [0.717, 1.165) is 0 Å². The third-order valence-electron chi connectivity index (χ3n) is 3.77. The third-order valence-corrected chi connectivity index (χ3v) is 3.77. The zero-order valence-electron chi connectivity index (χ0n) is 15.0. The Balaban J connectivity index is 1.47. The lowest BCUT2D eigenvalue weighted by molar-refractivity contribution is 0.0955. The first-order chi connectivity index (χ1) is 13.2. The molecular weight excluding hydrogens is 350 g/mol. The number of rotatable bonds is 6. The zero-order chi connectivity index (χ0) is 19.1. The third kappa shape index (κ3) is 4.55. The van der Waals surface area contributed by atoms with Crippen molar-refractivity contribution in [3.8, 4) is 40.6 Å². The fraction of sp³-hybridized carbons (Fsp3) is 0.250. The van der Waals surface area contributed by atoms with Crippen molar-refractivity contribution in [1.29, 1.82) is 0 Å². The van der Waals surface area contributed by atoms with Crippen molar-refractivity contribution in [2.24, 2.45) is 0 Å². The number of fused-ring (bicyclic) bond motifs is 1. The molecule has 0 spiro atoms. The summed E-state index contributed by atoms with van der Waals surface area (Å²) in [5.41, 5.74) is 0.414. The average Bonchev–Trinajstić information content (AvgIpc) is 3.17. The minimum Gasteiger partial charge on any atom is -0.497 e. The van der Waals surface area contributed by atoms with Gasteiger partial charge in [0.25, 0.3) is 5.91 Å². The summed E-state index contributed by atoms with van der Waals surface area (Å²) in [6, 6.07) is 10.3. The topological polar surface area (TPSA) is 75.3 Å². The number of methoxy groups -OCH3 is 2. The maximum Gasteiger partial charge on any atom is 0.255 e. The number of ether oxygens (including phenoxy) is 5. The summed E-state index contributed by atoms with van der Waals surface area (Å²) in [5, 5.41) is 2.72. The first kappa shape index (κ1) is 18.3. The second-order valence-electron chi connectivity index (χ2n) is 5.41. The first-order valence-electron chi connectivity index (χ1n) is 8.19. The number of carbonyl (C=O) groups excluding carboxylic acids is 1. The van der Waals surface area contributed by atoms with E-state index in [4.69, 9.17) is 23.7 Å². The standard InChI is InChI=1S/C20H19NO6/c1-23-14-5-7-16(18(11-14)24-2)20(22)21-9-3-4-10-25-15-6-8-17-19(12-15)27-13-26-17/h5-8,11-12H,9-10,13H2,1-2H3,(H,21,22). The molecule has 1 aliphatic heterocycles. The van der Waals surface area contributed by atoms with Crippen molar-refractivity contribution < 1.29 is 28.5 Å². The number of nitrogens with one attached hydrogen (secondary N) is 1. The van der Waals surface area contributed by atoms with Gasteiger partial charge in [-0.1, -0.05) is 11.8 Å². The monoisotopic (exact) mass is 369 g/mol. The van der Waals surface area contributed by atoms with Crippen LogP contribution in [-0.4, -0.2) is 40.1 Å². The summed E-state index contributed by atoms with van der Waals surface area (Å²) in [6.07, 6.45) is 0. The quantitative estimate of drug-likeness (QED) is 0.787. The SMILES string of the molecule is COc1ccc(C(=O)NCC#CCOc2ccc3c(c2)OCO3)c(OC)c1. The maximum absolute atomic E-state index is 12.2. The van der Waals surface area contributed by atoms with Gasteiger partial charge in [0.1, 0.15) is 23.9 Å². The smallest absolute Gasteiger partial charge is 0.255 e. The molecule has 0 saturated carbocycles. The molecule has 0 radical (unpaired) electrons. The van der Waals surface area contributed by atoms with Crippen LogP contribution >= 0.6 is 0 Å². The van der Waals surface area contributed by atoms with Gasteiger partial charge in [-0.3, -0.25) is 4.79 Å². The van der Waals surface area contributed by atoms with Crippen LogP contribution in [0.5, 0.6) is 28.7 Å². The van der Waals surface area contributed by atoms with Crippen LogP contribution < -0.4 is 29.0 Å². The summed E-state index contributed by atoms with van der Waals surface area (Å²) < 4.78 is 26.4. The van der Waals surface area contributed by atoms with Crippen LogP contribution in [-0.2, 0) is 0 Å². The molecule has 1 amide bonds. The number of carbonyl (C=O) groups is 1. The molecule has 7 nitrogen and oxygen atoms in total. The van der Waals surface area contributed by atoms with Gasteiger partial charge in [-0.25, -0.2) is 0 Å². The van der Waals surface area contributed by atoms with E-state index in [1.54, 1.807) is 43.5 Å². The Morgan fingerprint density at radius 2 is 1.85 bits per heavy atom. The van der Waals surface area contributed by atoms with Gasteiger partial charge in [-0.2, -0.15) is 0 Å². The largest absolute Gasteiger partial charge is 0.497 e. The number of amides is 1. The van der Waals surface area contributed by atoms with E-state index in [1.165, 1.54) is 7.11 Å². The van der Waals surface area contributed by atoms with Crippen molar-refractivity contribution in [3.63, 3.8) is 0 Å². The predicted molar refractivity (Wildman–Crippen MR) is 97.7 cm³/mol. The number of benzene rings is 2. The Morgan fingerprint density at radius 3 is 2.67 bits per heavy atom. The first-order valence-corrected chi connectivity index (χ1v) is 8.19. The van der Waals surface area contributed by atoms with E-state index in [9.17, 15) is 4.79 Å². The lowest BCUT2D eigenvalue weighted by Gasteiger charge is -2.09. The molecule has 0 unspecified atom stereocenters. The van der Waals surface area contributed by atoms with Gasteiger partial charge >= 0.3 is 0 Å². The molecule has 3 rings (SSSR count). The minimum absolute atomic E-state index is 0.193. The van der Waals surface area contributed by atoms with E-state index < -0.39 is 0 Å². The molecule has 1 aliphatic rings. The van der Waals surface area contributed by atoms with E-state index >= 15 is 0 Å². The molecule has 7 heteroatoms. The summed E-state index contributed by atoms with van der Waals surface area (Å²) in [6.45, 7) is 0.608. The Morgan fingerprint density at radius 1 is 1.04 bits per heavy atom. The molecule has 2 aromatic rings. The van der Waals surface area contributed by atoms with Crippen LogP contribution in [0.3, 0.4) is 0 Å². The molecule has 0 saturated heterocycles. The molecular formula is C20H19NO6. The summed E-state index contributed by atoms with van der Waals surface area (Å²) in [7, 11) is 3.05. The van der Waals surface area contributed by atoms with Crippen molar-refractivity contribution in [2.75, 3.05) is 34.2 Å². The van der Waals surface area contributed by atoms with Gasteiger partial charge in [0.05, 0.1) is 26.3 Å². The van der Waals surface area contributed by atoms with E-state index in [2.05, 4.69) is 17.2 Å². The van der Waals surface area contributed by atoms with Gasteiger partial charge in [-0.15, -0.1) is 0 Å². The van der Waals surface area contributed by atoms with Crippen LogP contribution in [0.4, 0.5) is 0 Å². The van der Waals surface area contributed by atoms with Gasteiger partial charge in [0, 0.05) is 12.1 Å². The van der Waals surface area contributed by atoms with E-state index in [1.807, 2.05) is 0 Å². The fourth-order valence-corrected chi connectivity index (χ4v) is 2.41. The normalized spacial score (nSPS) is 11.2. The second kappa shape index (κ2) is 8.72. The molecule has 1 N–H and O–H groups in total. The zero-order valence-corrected chi connectivity index (χ0v) is 15.0. The average molecular weight is 369 g/mol. The van der Waals surface area contributed by atoms with Gasteiger partial charge < -0.3 is 29.0 Å². The number of hydrogen-bond donors (Lipinski definition) is 1. The Labute approximate surface area is 157 Å². The Kier molecular flexibility index (Phi) is 5.90. The highest BCUT2D eigenvalue weighted by atomic mass is 16.7. The molecule has 0 fully saturated rings. The highest BCUT2D eigenvalue weighted by Gasteiger charge is 2.14. The molecule has 140 valence electrons. The lowest BCUT2D eigenvalue weighted by Crippen LogP contribution is -2.24. The summed E-state index contributed by atoms with van der Waals surface area (Å²) >= 11 is 0. The molecule has 0 atom stereocenters. The Hall–Kier alpha value is -3.53. The highest BCUT2D eigenvalue weighted by molar-refractivity contribution is 5.97. The van der Waals surface area contributed by atoms with Crippen LogP contribution in [0.2, 0.25) is 0 Å². The van der Waals surface area contributed by atoms with Gasteiger partial charge in [-0.05, 0) is 24.3 Å². The van der Waals surface area contributed by atoms with Gasteiger partial charge in [0.2, 0.25) is 6.79 Å². The fourth-order valence-electron chi connectivity index (χ4n) is 2.41. The minimum atomic E-state index is -0.277. The summed E-state index contributed by atoms with van der Waals surface area (Å²) in [5.74, 6) is 8.45. The second-order valence-corrected chi connectivity index (χ2v) is 5.41. The highest BCUT2D eigenvalue weighted by Crippen LogP contribution is 2.35.